The van der Waals surface area contributed by atoms with Crippen molar-refractivity contribution in [3.8, 4) is 0 Å². The van der Waals surface area contributed by atoms with Gasteiger partial charge < -0.3 is 5.11 Å². The highest BCUT2D eigenvalue weighted by atomic mass is 35.5. The zero-order valence-electron chi connectivity index (χ0n) is 11.5. The SMILES string of the molecule is CC1CCCCN1S(=O)(=O)Nc1cc(C(=O)O)ccc1Cl. The van der Waals surface area contributed by atoms with Gasteiger partial charge in [0.1, 0.15) is 0 Å². The van der Waals surface area contributed by atoms with Gasteiger partial charge in [-0.15, -0.1) is 0 Å². The van der Waals surface area contributed by atoms with Crippen LogP contribution in [0, 0.1) is 0 Å². The van der Waals surface area contributed by atoms with E-state index in [4.69, 9.17) is 16.7 Å². The van der Waals surface area contributed by atoms with E-state index in [0.29, 0.717) is 6.54 Å². The minimum Gasteiger partial charge on any atom is -0.478 e. The molecule has 0 saturated carbocycles. The Balaban J connectivity index is 2.27. The molecule has 1 unspecified atom stereocenters. The van der Waals surface area contributed by atoms with Crippen LogP contribution < -0.4 is 4.72 Å². The van der Waals surface area contributed by atoms with Crippen molar-refractivity contribution in [2.45, 2.75) is 32.2 Å². The molecule has 1 heterocycles. The Morgan fingerprint density at radius 1 is 1.43 bits per heavy atom. The van der Waals surface area contributed by atoms with E-state index < -0.39 is 16.2 Å². The van der Waals surface area contributed by atoms with Crippen molar-refractivity contribution in [3.63, 3.8) is 0 Å². The van der Waals surface area contributed by atoms with E-state index >= 15 is 0 Å². The first-order valence-electron chi connectivity index (χ1n) is 6.63. The fourth-order valence-corrected chi connectivity index (χ4v) is 4.10. The van der Waals surface area contributed by atoms with Gasteiger partial charge in [0.05, 0.1) is 16.3 Å². The van der Waals surface area contributed by atoms with Crippen molar-refractivity contribution in [2.75, 3.05) is 11.3 Å². The van der Waals surface area contributed by atoms with Gasteiger partial charge in [0.25, 0.3) is 0 Å². The zero-order valence-corrected chi connectivity index (χ0v) is 13.1. The average Bonchev–Trinajstić information content (AvgIpc) is 2.41. The highest BCUT2D eigenvalue weighted by Crippen LogP contribution is 2.27. The summed E-state index contributed by atoms with van der Waals surface area (Å²) in [6.45, 7) is 2.31. The van der Waals surface area contributed by atoms with Crippen LogP contribution in [0.4, 0.5) is 5.69 Å². The van der Waals surface area contributed by atoms with E-state index in [-0.39, 0.29) is 22.3 Å². The molecule has 1 aromatic carbocycles. The molecule has 0 radical (unpaired) electrons. The van der Waals surface area contributed by atoms with E-state index in [2.05, 4.69) is 4.72 Å². The molecule has 0 spiro atoms. The molecule has 116 valence electrons. The Morgan fingerprint density at radius 2 is 2.14 bits per heavy atom. The Labute approximate surface area is 128 Å². The second kappa shape index (κ2) is 6.21. The lowest BCUT2D eigenvalue weighted by molar-refractivity contribution is 0.0697. The van der Waals surface area contributed by atoms with Crippen molar-refractivity contribution in [3.05, 3.63) is 28.8 Å². The number of carbonyl (C=O) groups is 1. The summed E-state index contributed by atoms with van der Waals surface area (Å²) >= 11 is 5.94. The summed E-state index contributed by atoms with van der Waals surface area (Å²) in [4.78, 5) is 11.0. The van der Waals surface area contributed by atoms with Crippen molar-refractivity contribution in [1.82, 2.24) is 4.31 Å². The smallest absolute Gasteiger partial charge is 0.335 e. The van der Waals surface area contributed by atoms with E-state index in [1.807, 2.05) is 6.92 Å². The Morgan fingerprint density at radius 3 is 2.76 bits per heavy atom. The van der Waals surface area contributed by atoms with Crippen LogP contribution in [0.1, 0.15) is 36.5 Å². The summed E-state index contributed by atoms with van der Waals surface area (Å²) in [7, 11) is -3.74. The van der Waals surface area contributed by atoms with Gasteiger partial charge in [0, 0.05) is 12.6 Å². The van der Waals surface area contributed by atoms with Crippen molar-refractivity contribution in [2.24, 2.45) is 0 Å². The van der Waals surface area contributed by atoms with Crippen LogP contribution in [0.15, 0.2) is 18.2 Å². The molecule has 1 aliphatic heterocycles. The quantitative estimate of drug-likeness (QED) is 0.887. The molecule has 0 aromatic heterocycles. The van der Waals surface area contributed by atoms with Gasteiger partial charge in [-0.3, -0.25) is 4.72 Å². The lowest BCUT2D eigenvalue weighted by atomic mass is 10.1. The number of rotatable bonds is 4. The van der Waals surface area contributed by atoms with Gasteiger partial charge in [-0.25, -0.2) is 4.79 Å². The molecule has 1 aliphatic rings. The number of carboxylic acids is 1. The number of carboxylic acid groups (broad SMARTS) is 1. The normalized spacial score (nSPS) is 20.2. The fraction of sp³-hybridized carbons (Fsp3) is 0.462. The summed E-state index contributed by atoms with van der Waals surface area (Å²) in [5, 5.41) is 9.12. The van der Waals surface area contributed by atoms with Crippen LogP contribution in [-0.4, -0.2) is 36.4 Å². The Bertz CT molecular complexity index is 648. The van der Waals surface area contributed by atoms with Crippen molar-refractivity contribution >= 4 is 33.5 Å². The first-order chi connectivity index (χ1) is 9.81. The van der Waals surface area contributed by atoms with Crippen LogP contribution in [0.3, 0.4) is 0 Å². The van der Waals surface area contributed by atoms with E-state index in [0.717, 1.165) is 19.3 Å². The second-order valence-electron chi connectivity index (χ2n) is 5.06. The second-order valence-corrected chi connectivity index (χ2v) is 7.09. The lowest BCUT2D eigenvalue weighted by Gasteiger charge is -2.32. The van der Waals surface area contributed by atoms with Gasteiger partial charge >= 0.3 is 16.2 Å². The molecule has 1 fully saturated rings. The number of nitrogens with zero attached hydrogens (tertiary/aromatic N) is 1. The molecule has 8 heteroatoms. The van der Waals surface area contributed by atoms with E-state index in [1.54, 1.807) is 0 Å². The van der Waals surface area contributed by atoms with E-state index in [1.165, 1.54) is 22.5 Å². The molecule has 1 saturated heterocycles. The first-order valence-corrected chi connectivity index (χ1v) is 8.45. The van der Waals surface area contributed by atoms with Crippen LogP contribution >= 0.6 is 11.6 Å². The molecule has 0 amide bonds. The number of halogens is 1. The minimum absolute atomic E-state index is 0.0243. The zero-order chi connectivity index (χ0) is 15.6. The molecule has 2 rings (SSSR count). The number of hydrogen-bond donors (Lipinski definition) is 2. The molecule has 21 heavy (non-hydrogen) atoms. The average molecular weight is 333 g/mol. The molecule has 0 bridgehead atoms. The topological polar surface area (TPSA) is 86.7 Å². The van der Waals surface area contributed by atoms with Crippen LogP contribution in [0.5, 0.6) is 0 Å². The lowest BCUT2D eigenvalue weighted by Crippen LogP contribution is -2.44. The van der Waals surface area contributed by atoms with Gasteiger partial charge in [-0.2, -0.15) is 12.7 Å². The largest absolute Gasteiger partial charge is 0.478 e. The highest BCUT2D eigenvalue weighted by molar-refractivity contribution is 7.90. The third-order valence-corrected chi connectivity index (χ3v) is 5.47. The fourth-order valence-electron chi connectivity index (χ4n) is 2.36. The van der Waals surface area contributed by atoms with Crippen molar-refractivity contribution in [1.29, 1.82) is 0 Å². The van der Waals surface area contributed by atoms with E-state index in [9.17, 15) is 13.2 Å². The number of aromatic carboxylic acids is 1. The number of nitrogens with one attached hydrogen (secondary N) is 1. The maximum Gasteiger partial charge on any atom is 0.335 e. The third-order valence-electron chi connectivity index (χ3n) is 3.50. The van der Waals surface area contributed by atoms with Crippen LogP contribution in [0.2, 0.25) is 5.02 Å². The van der Waals surface area contributed by atoms with Gasteiger partial charge in [-0.1, -0.05) is 18.0 Å². The first kappa shape index (κ1) is 16.1. The van der Waals surface area contributed by atoms with Gasteiger partial charge in [-0.05, 0) is 38.0 Å². The summed E-state index contributed by atoms with van der Waals surface area (Å²) in [6.07, 6.45) is 2.63. The van der Waals surface area contributed by atoms with Gasteiger partial charge in [0.2, 0.25) is 0 Å². The molecule has 2 N–H and O–H groups in total. The minimum atomic E-state index is -3.74. The maximum atomic E-state index is 12.4. The predicted molar refractivity (Wildman–Crippen MR) is 81.0 cm³/mol. The van der Waals surface area contributed by atoms with Gasteiger partial charge in [0.15, 0.2) is 0 Å². The molecular formula is C13H17ClN2O4S. The number of benzene rings is 1. The summed E-state index contributed by atoms with van der Waals surface area (Å²) < 4.78 is 28.6. The Hall–Kier alpha value is -1.31. The Kier molecular flexibility index (Phi) is 4.75. The number of piperidine rings is 1. The van der Waals surface area contributed by atoms with Crippen LogP contribution in [0.25, 0.3) is 0 Å². The molecular weight excluding hydrogens is 316 g/mol. The van der Waals surface area contributed by atoms with Crippen molar-refractivity contribution < 1.29 is 18.3 Å². The standard InChI is InChI=1S/C13H17ClN2O4S/c1-9-4-2-3-7-16(9)21(19,20)15-12-8-10(13(17)18)5-6-11(12)14/h5-6,8-9,15H,2-4,7H2,1H3,(H,17,18). The predicted octanol–water partition coefficient (Wildman–Crippen LogP) is 2.57. The summed E-state index contributed by atoms with van der Waals surface area (Å²) in [5.41, 5.74) is 0.0538. The molecule has 6 nitrogen and oxygen atoms in total. The summed E-state index contributed by atoms with van der Waals surface area (Å²) in [6, 6.07) is 3.82. The highest BCUT2D eigenvalue weighted by Gasteiger charge is 2.30. The summed E-state index contributed by atoms with van der Waals surface area (Å²) in [5.74, 6) is -1.14. The molecule has 1 atom stereocenters. The molecule has 1 aromatic rings. The monoisotopic (exact) mass is 332 g/mol. The molecule has 0 aliphatic carbocycles. The number of anilines is 1. The maximum absolute atomic E-state index is 12.4. The van der Waals surface area contributed by atoms with Crippen LogP contribution in [-0.2, 0) is 10.2 Å². The third kappa shape index (κ3) is 3.66. The number of hydrogen-bond acceptors (Lipinski definition) is 3.